The fourth-order valence-corrected chi connectivity index (χ4v) is 6.65. The van der Waals surface area contributed by atoms with Gasteiger partial charge in [0.2, 0.25) is 11.8 Å². The molecule has 45 heavy (non-hydrogen) atoms. The number of hydrogen-bond donors (Lipinski definition) is 3. The number of aliphatic carboxylic acids is 1. The zero-order valence-corrected chi connectivity index (χ0v) is 24.7. The van der Waals surface area contributed by atoms with E-state index in [4.69, 9.17) is 4.74 Å². The number of carboxylic acids is 1. The fraction of sp³-hybridized carbons (Fsp3) is 0.455. The van der Waals surface area contributed by atoms with Gasteiger partial charge in [-0.2, -0.15) is 0 Å². The van der Waals surface area contributed by atoms with Gasteiger partial charge in [-0.15, -0.1) is 0 Å². The molecule has 0 spiro atoms. The molecule has 4 aliphatic rings. The molecule has 0 bridgehead atoms. The SMILES string of the molecule is O=C1N[C@]2(C(=O)O)C[C@H]2/C=C\CCCCC[C@H](Nc2cccc(F)c2)C(=O)N2C[C@H](OC(=O)N3Cc4cccc(F)c4C3)C[C@@H]12. The second-order valence-corrected chi connectivity index (χ2v) is 12.3. The average molecular weight is 623 g/mol. The van der Waals surface area contributed by atoms with Crippen LogP contribution in [0.3, 0.4) is 0 Å². The zero-order valence-electron chi connectivity index (χ0n) is 24.7. The van der Waals surface area contributed by atoms with Crippen molar-refractivity contribution in [3.05, 3.63) is 77.4 Å². The molecule has 238 valence electrons. The lowest BCUT2D eigenvalue weighted by molar-refractivity contribution is -0.145. The quantitative estimate of drug-likeness (QED) is 0.433. The van der Waals surface area contributed by atoms with Gasteiger partial charge in [0, 0.05) is 30.1 Å². The molecule has 2 fully saturated rings. The number of carbonyl (C=O) groups is 4. The van der Waals surface area contributed by atoms with Crippen LogP contribution in [-0.2, 0) is 32.2 Å². The largest absolute Gasteiger partial charge is 0.479 e. The molecule has 3 aliphatic heterocycles. The molecule has 12 heteroatoms. The second kappa shape index (κ2) is 12.5. The molecule has 0 aromatic heterocycles. The standard InChI is InChI=1S/C33H36F2N4O6/c34-22-10-7-11-23(14-22)36-27-13-5-3-1-2-4-9-21-16-33(21,31(42)43)37-29(40)28-15-24(18-39(28)30(27)41)45-32(44)38-17-20-8-6-12-26(35)25(20)19-38/h4,6-12,14,21,24,27-28,36H,1-3,5,13,15-19H2,(H,37,40)(H,42,43)/b9-4-/t21-,24-,27+,28+,33-/m1/s1. The number of carbonyl (C=O) groups excluding carboxylic acids is 3. The summed E-state index contributed by atoms with van der Waals surface area (Å²) in [5, 5.41) is 15.9. The summed E-state index contributed by atoms with van der Waals surface area (Å²) in [6, 6.07) is 8.50. The predicted molar refractivity (Wildman–Crippen MR) is 159 cm³/mol. The zero-order chi connectivity index (χ0) is 31.7. The molecular weight excluding hydrogens is 586 g/mol. The lowest BCUT2D eigenvalue weighted by atomic mass is 10.0. The maximum absolute atomic E-state index is 14.3. The summed E-state index contributed by atoms with van der Waals surface area (Å²) in [6.07, 6.45) is 5.89. The lowest BCUT2D eigenvalue weighted by Crippen LogP contribution is -2.55. The maximum Gasteiger partial charge on any atom is 0.410 e. The van der Waals surface area contributed by atoms with Crippen LogP contribution in [0.1, 0.15) is 56.1 Å². The number of ether oxygens (including phenoxy) is 1. The molecule has 0 radical (unpaired) electrons. The van der Waals surface area contributed by atoms with Gasteiger partial charge in [-0.05, 0) is 55.5 Å². The third-order valence-corrected chi connectivity index (χ3v) is 9.24. The molecule has 3 heterocycles. The fourth-order valence-electron chi connectivity index (χ4n) is 6.65. The Hall–Kier alpha value is -4.48. The number of allylic oxidation sites excluding steroid dienone is 1. The van der Waals surface area contributed by atoms with Gasteiger partial charge >= 0.3 is 12.1 Å². The van der Waals surface area contributed by atoms with Crippen molar-refractivity contribution in [3.63, 3.8) is 0 Å². The second-order valence-electron chi connectivity index (χ2n) is 12.3. The highest BCUT2D eigenvalue weighted by Gasteiger charge is 2.61. The molecule has 5 atom stereocenters. The normalized spacial score (nSPS) is 28.9. The Balaban J connectivity index is 1.24. The number of benzene rings is 2. The highest BCUT2D eigenvalue weighted by atomic mass is 19.1. The van der Waals surface area contributed by atoms with E-state index < -0.39 is 59.2 Å². The Morgan fingerprint density at radius 2 is 1.89 bits per heavy atom. The molecule has 2 aromatic carbocycles. The van der Waals surface area contributed by atoms with Crippen LogP contribution in [0.5, 0.6) is 0 Å². The van der Waals surface area contributed by atoms with Crippen LogP contribution in [0, 0.1) is 17.6 Å². The summed E-state index contributed by atoms with van der Waals surface area (Å²) >= 11 is 0. The van der Waals surface area contributed by atoms with Gasteiger partial charge in [-0.1, -0.05) is 43.2 Å². The van der Waals surface area contributed by atoms with E-state index in [1.807, 2.05) is 12.2 Å². The van der Waals surface area contributed by atoms with Crippen LogP contribution in [0.2, 0.25) is 0 Å². The molecule has 1 saturated heterocycles. The van der Waals surface area contributed by atoms with E-state index in [2.05, 4.69) is 10.6 Å². The lowest BCUT2D eigenvalue weighted by Gasteiger charge is -2.30. The summed E-state index contributed by atoms with van der Waals surface area (Å²) in [7, 11) is 0. The van der Waals surface area contributed by atoms with E-state index >= 15 is 0 Å². The minimum absolute atomic E-state index is 0.0375. The van der Waals surface area contributed by atoms with Crippen molar-refractivity contribution in [2.24, 2.45) is 5.92 Å². The van der Waals surface area contributed by atoms with Crippen molar-refractivity contribution in [3.8, 4) is 0 Å². The van der Waals surface area contributed by atoms with Gasteiger partial charge in [0.15, 0.2) is 0 Å². The molecular formula is C33H36F2N4O6. The number of anilines is 1. The van der Waals surface area contributed by atoms with E-state index in [1.165, 1.54) is 34.1 Å². The summed E-state index contributed by atoms with van der Waals surface area (Å²) in [4.78, 5) is 56.1. The summed E-state index contributed by atoms with van der Waals surface area (Å²) in [5.41, 5.74) is 0.0334. The summed E-state index contributed by atoms with van der Waals surface area (Å²) in [5.74, 6) is -3.48. The van der Waals surface area contributed by atoms with Gasteiger partial charge < -0.3 is 25.4 Å². The summed E-state index contributed by atoms with van der Waals surface area (Å²) in [6.45, 7) is 0.110. The summed E-state index contributed by atoms with van der Waals surface area (Å²) < 4.78 is 34.1. The first-order chi connectivity index (χ1) is 21.6. The minimum Gasteiger partial charge on any atom is -0.479 e. The van der Waals surface area contributed by atoms with Crippen LogP contribution >= 0.6 is 0 Å². The van der Waals surface area contributed by atoms with Gasteiger partial charge in [0.05, 0.1) is 13.1 Å². The van der Waals surface area contributed by atoms with Gasteiger partial charge in [-0.25, -0.2) is 18.4 Å². The molecule has 0 unspecified atom stereocenters. The first-order valence-electron chi connectivity index (χ1n) is 15.4. The van der Waals surface area contributed by atoms with Crippen LogP contribution in [0.25, 0.3) is 0 Å². The Morgan fingerprint density at radius 3 is 2.67 bits per heavy atom. The van der Waals surface area contributed by atoms with Crippen molar-refractivity contribution in [1.29, 1.82) is 0 Å². The Kier molecular flexibility index (Phi) is 8.48. The van der Waals surface area contributed by atoms with Crippen molar-refractivity contribution in [2.75, 3.05) is 11.9 Å². The number of carboxylic acid groups (broad SMARTS) is 1. The van der Waals surface area contributed by atoms with E-state index in [-0.39, 0.29) is 38.4 Å². The minimum atomic E-state index is -1.47. The van der Waals surface area contributed by atoms with Gasteiger partial charge in [0.25, 0.3) is 0 Å². The predicted octanol–water partition coefficient (Wildman–Crippen LogP) is 4.35. The number of fused-ring (bicyclic) bond motifs is 3. The monoisotopic (exact) mass is 622 g/mol. The van der Waals surface area contributed by atoms with Crippen molar-refractivity contribution in [1.82, 2.24) is 15.1 Å². The van der Waals surface area contributed by atoms with E-state index in [1.54, 1.807) is 18.2 Å². The van der Waals surface area contributed by atoms with Crippen molar-refractivity contribution < 1.29 is 37.8 Å². The topological polar surface area (TPSA) is 128 Å². The maximum atomic E-state index is 14.3. The number of hydrogen-bond acceptors (Lipinski definition) is 6. The molecule has 10 nitrogen and oxygen atoms in total. The van der Waals surface area contributed by atoms with Crippen molar-refractivity contribution in [2.45, 2.75) is 81.8 Å². The third-order valence-electron chi connectivity index (χ3n) is 9.24. The number of amides is 3. The molecule has 6 rings (SSSR count). The number of nitrogens with zero attached hydrogens (tertiary/aromatic N) is 2. The van der Waals surface area contributed by atoms with E-state index in [0.29, 0.717) is 29.7 Å². The van der Waals surface area contributed by atoms with Crippen molar-refractivity contribution >= 4 is 29.6 Å². The highest BCUT2D eigenvalue weighted by molar-refractivity contribution is 5.96. The Labute approximate surface area is 259 Å². The number of halogens is 2. The van der Waals surface area contributed by atoms with Crippen LogP contribution < -0.4 is 10.6 Å². The molecule has 3 N–H and O–H groups in total. The Bertz CT molecular complexity index is 1530. The molecule has 1 aliphatic carbocycles. The first-order valence-corrected chi connectivity index (χ1v) is 15.4. The van der Waals surface area contributed by atoms with E-state index in [0.717, 1.165) is 19.3 Å². The van der Waals surface area contributed by atoms with Crippen LogP contribution in [0.15, 0.2) is 54.6 Å². The van der Waals surface area contributed by atoms with E-state index in [9.17, 15) is 33.1 Å². The van der Waals surface area contributed by atoms with Crippen LogP contribution in [0.4, 0.5) is 19.3 Å². The van der Waals surface area contributed by atoms with Gasteiger partial charge in [-0.3, -0.25) is 14.5 Å². The molecule has 1 saturated carbocycles. The van der Waals surface area contributed by atoms with Gasteiger partial charge in [0.1, 0.15) is 35.4 Å². The molecule has 3 amide bonds. The van der Waals surface area contributed by atoms with Crippen LogP contribution in [-0.4, -0.2) is 69.1 Å². The molecule has 2 aromatic rings. The smallest absolute Gasteiger partial charge is 0.410 e. The first kappa shape index (κ1) is 30.5. The highest BCUT2D eigenvalue weighted by Crippen LogP contribution is 2.45. The third kappa shape index (κ3) is 6.36. The Morgan fingerprint density at radius 1 is 1.07 bits per heavy atom. The number of rotatable bonds is 4. The number of nitrogens with one attached hydrogen (secondary N) is 2. The average Bonchev–Trinajstić information content (AvgIpc) is 3.32.